The number of nitrogens with one attached hydrogen (secondary N) is 2. The van der Waals surface area contributed by atoms with E-state index in [0.717, 1.165) is 43.9 Å². The molecule has 0 saturated heterocycles. The number of carbonyl (C=O) groups is 2. The number of nitrogens with zero attached hydrogens (tertiary/aromatic N) is 5. The molecule has 0 fully saturated rings. The van der Waals surface area contributed by atoms with Gasteiger partial charge in [0.25, 0.3) is 0 Å². The molecule has 176 valence electrons. The van der Waals surface area contributed by atoms with E-state index in [1.165, 1.54) is 15.4 Å². The van der Waals surface area contributed by atoms with E-state index in [1.54, 1.807) is 45.0 Å². The summed E-state index contributed by atoms with van der Waals surface area (Å²) in [5.41, 5.74) is 3.10. The average Bonchev–Trinajstić information content (AvgIpc) is 3.42. The molecule has 1 aliphatic rings. The third-order valence-corrected chi connectivity index (χ3v) is 7.12. The number of hydrogen-bond acceptors (Lipinski definition) is 8. The van der Waals surface area contributed by atoms with Gasteiger partial charge in [-0.05, 0) is 36.6 Å². The van der Waals surface area contributed by atoms with Crippen molar-refractivity contribution in [1.29, 1.82) is 0 Å². The fraction of sp³-hybridized carbons (Fsp3) is 0.348. The number of anilines is 2. The Morgan fingerprint density at radius 2 is 2.12 bits per heavy atom. The highest BCUT2D eigenvalue weighted by Crippen LogP contribution is 2.39. The molecule has 0 saturated carbocycles. The summed E-state index contributed by atoms with van der Waals surface area (Å²) in [6.07, 6.45) is 4.72. The highest BCUT2D eigenvalue weighted by atomic mass is 32.1. The molecule has 0 radical (unpaired) electrons. The highest BCUT2D eigenvalue weighted by molar-refractivity contribution is 7.19. The predicted molar refractivity (Wildman–Crippen MR) is 130 cm³/mol. The summed E-state index contributed by atoms with van der Waals surface area (Å²) < 4.78 is 5.71. The first kappa shape index (κ1) is 22.1. The van der Waals surface area contributed by atoms with Crippen molar-refractivity contribution in [3.05, 3.63) is 41.2 Å². The molecule has 2 N–H and O–H groups in total. The van der Waals surface area contributed by atoms with Crippen molar-refractivity contribution in [2.24, 2.45) is 0 Å². The molecule has 0 bridgehead atoms. The molecule has 5 rings (SSSR count). The Bertz CT molecular complexity index is 1380. The molecular weight excluding hydrogens is 454 g/mol. The second-order valence-electron chi connectivity index (χ2n) is 8.60. The fourth-order valence-electron chi connectivity index (χ4n) is 4.07. The van der Waals surface area contributed by atoms with E-state index in [1.807, 2.05) is 18.2 Å². The number of carbonyl (C=O) groups excluding carboxylic acids is 2. The largest absolute Gasteiger partial charge is 0.446 e. The second kappa shape index (κ2) is 8.90. The van der Waals surface area contributed by atoms with Gasteiger partial charge in [0.15, 0.2) is 0 Å². The number of benzene rings is 1. The average molecular weight is 480 g/mol. The first-order chi connectivity index (χ1) is 16.4. The van der Waals surface area contributed by atoms with Gasteiger partial charge in [-0.25, -0.2) is 14.8 Å². The second-order valence-corrected chi connectivity index (χ2v) is 9.68. The van der Waals surface area contributed by atoms with Gasteiger partial charge in [-0.15, -0.1) is 11.3 Å². The van der Waals surface area contributed by atoms with Crippen molar-refractivity contribution in [2.45, 2.75) is 25.4 Å². The quantitative estimate of drug-likeness (QED) is 0.451. The fourth-order valence-corrected chi connectivity index (χ4v) is 5.33. The van der Waals surface area contributed by atoms with Crippen molar-refractivity contribution >= 4 is 56.0 Å². The van der Waals surface area contributed by atoms with E-state index in [4.69, 9.17) is 4.74 Å². The third kappa shape index (κ3) is 4.26. The van der Waals surface area contributed by atoms with Crippen LogP contribution in [0.1, 0.15) is 16.9 Å². The van der Waals surface area contributed by atoms with Crippen LogP contribution in [-0.2, 0) is 22.4 Å². The van der Waals surface area contributed by atoms with Crippen molar-refractivity contribution in [3.8, 4) is 0 Å². The molecule has 2 amide bonds. The van der Waals surface area contributed by atoms with Crippen LogP contribution in [0.2, 0.25) is 0 Å². The summed E-state index contributed by atoms with van der Waals surface area (Å²) in [6.45, 7) is -0.0120. The Kier molecular flexibility index (Phi) is 5.78. The van der Waals surface area contributed by atoms with Crippen LogP contribution >= 0.6 is 11.3 Å². The zero-order valence-electron chi connectivity index (χ0n) is 19.2. The lowest BCUT2D eigenvalue weighted by Crippen LogP contribution is -2.40. The number of aromatic amines is 1. The molecule has 10 nitrogen and oxygen atoms in total. The van der Waals surface area contributed by atoms with Crippen LogP contribution in [0, 0.1) is 0 Å². The number of H-pyrrole nitrogens is 1. The maximum absolute atomic E-state index is 12.5. The van der Waals surface area contributed by atoms with Crippen LogP contribution < -0.4 is 5.32 Å². The van der Waals surface area contributed by atoms with Crippen molar-refractivity contribution < 1.29 is 14.3 Å². The summed E-state index contributed by atoms with van der Waals surface area (Å²) in [6, 6.07) is 5.99. The van der Waals surface area contributed by atoms with Gasteiger partial charge in [-0.3, -0.25) is 9.89 Å². The molecule has 1 aliphatic carbocycles. The summed E-state index contributed by atoms with van der Waals surface area (Å²) >= 11 is 1.61. The van der Waals surface area contributed by atoms with Crippen LogP contribution in [0.25, 0.3) is 21.1 Å². The molecular formula is C23H25N7O3S. The smallest absolute Gasteiger partial charge is 0.410 e. The molecule has 1 aromatic carbocycles. The Hall–Kier alpha value is -3.73. The van der Waals surface area contributed by atoms with Gasteiger partial charge in [-0.1, -0.05) is 0 Å². The molecule has 0 spiro atoms. The van der Waals surface area contributed by atoms with Gasteiger partial charge in [0.05, 0.1) is 17.1 Å². The maximum atomic E-state index is 12.5. The number of likely N-dealkylation sites (N-methyl/N-ethyl adjacent to an activating group) is 2. The molecule has 1 unspecified atom stereocenters. The standard InChI is InChI=1S/C23H25N7O3S/c1-29(2)19(31)11-30(3)23(32)33-15-5-6-16-18(9-15)34-22-20(16)21(24-12-25-22)27-14-4-7-17-13(8-14)10-26-28-17/h4,7-8,10,12,15H,5-6,9,11H2,1-3H3,(H,26,28)(H,24,25,27). The van der Waals surface area contributed by atoms with Crippen molar-refractivity contribution in [2.75, 3.05) is 33.0 Å². The molecule has 0 aliphatic heterocycles. The molecule has 11 heteroatoms. The van der Waals surface area contributed by atoms with E-state index < -0.39 is 6.09 Å². The van der Waals surface area contributed by atoms with E-state index in [0.29, 0.717) is 12.8 Å². The summed E-state index contributed by atoms with van der Waals surface area (Å²) in [5, 5.41) is 12.5. The van der Waals surface area contributed by atoms with Gasteiger partial charge in [-0.2, -0.15) is 5.10 Å². The molecule has 4 aromatic rings. The third-order valence-electron chi connectivity index (χ3n) is 5.95. The Labute approximate surface area is 199 Å². The van der Waals surface area contributed by atoms with E-state index in [-0.39, 0.29) is 18.6 Å². The molecule has 34 heavy (non-hydrogen) atoms. The van der Waals surface area contributed by atoms with E-state index >= 15 is 0 Å². The van der Waals surface area contributed by atoms with Gasteiger partial charge in [0.2, 0.25) is 5.91 Å². The van der Waals surface area contributed by atoms with Gasteiger partial charge < -0.3 is 19.9 Å². The van der Waals surface area contributed by atoms with Gasteiger partial charge in [0, 0.05) is 43.5 Å². The zero-order valence-corrected chi connectivity index (χ0v) is 20.0. The van der Waals surface area contributed by atoms with Crippen LogP contribution in [0.5, 0.6) is 0 Å². The van der Waals surface area contributed by atoms with Crippen LogP contribution in [0.3, 0.4) is 0 Å². The van der Waals surface area contributed by atoms with Crippen LogP contribution in [0.15, 0.2) is 30.7 Å². The summed E-state index contributed by atoms with van der Waals surface area (Å²) in [4.78, 5) is 38.2. The molecule has 3 heterocycles. The lowest BCUT2D eigenvalue weighted by atomic mass is 9.94. The van der Waals surface area contributed by atoms with Crippen molar-refractivity contribution in [1.82, 2.24) is 30.0 Å². The summed E-state index contributed by atoms with van der Waals surface area (Å²) in [5.74, 6) is 0.614. The van der Waals surface area contributed by atoms with E-state index in [2.05, 4.69) is 25.5 Å². The zero-order chi connectivity index (χ0) is 23.8. The summed E-state index contributed by atoms with van der Waals surface area (Å²) in [7, 11) is 4.90. The Morgan fingerprint density at radius 1 is 1.26 bits per heavy atom. The number of aryl methyl sites for hydroxylation is 1. The Balaban J connectivity index is 1.33. The molecule has 1 atom stereocenters. The number of rotatable bonds is 5. The number of thiophene rings is 1. The topological polar surface area (TPSA) is 116 Å². The lowest BCUT2D eigenvalue weighted by molar-refractivity contribution is -0.129. The Morgan fingerprint density at radius 3 is 2.94 bits per heavy atom. The minimum absolute atomic E-state index is 0.0120. The minimum Gasteiger partial charge on any atom is -0.446 e. The van der Waals surface area contributed by atoms with Crippen LogP contribution in [0.4, 0.5) is 16.3 Å². The SMILES string of the molecule is CN(C)C(=O)CN(C)C(=O)OC1CCc2c(sc3ncnc(Nc4ccc5[nH]ncc5c4)c23)C1. The first-order valence-corrected chi connectivity index (χ1v) is 11.8. The number of ether oxygens (including phenoxy) is 1. The van der Waals surface area contributed by atoms with Crippen molar-refractivity contribution in [3.63, 3.8) is 0 Å². The number of aromatic nitrogens is 4. The highest BCUT2D eigenvalue weighted by Gasteiger charge is 2.28. The maximum Gasteiger partial charge on any atom is 0.410 e. The van der Waals surface area contributed by atoms with Gasteiger partial charge in [0.1, 0.15) is 29.6 Å². The van der Waals surface area contributed by atoms with E-state index in [9.17, 15) is 9.59 Å². The van der Waals surface area contributed by atoms with Crippen LogP contribution in [-0.4, -0.2) is 75.8 Å². The minimum atomic E-state index is -0.485. The predicted octanol–water partition coefficient (Wildman–Crippen LogP) is 3.33. The van der Waals surface area contributed by atoms with Gasteiger partial charge >= 0.3 is 6.09 Å². The number of amides is 2. The number of hydrogen-bond donors (Lipinski definition) is 2. The first-order valence-electron chi connectivity index (χ1n) is 11.0. The monoisotopic (exact) mass is 479 g/mol. The lowest BCUT2D eigenvalue weighted by Gasteiger charge is -2.26. The number of fused-ring (bicyclic) bond motifs is 4. The molecule has 3 aromatic heterocycles. The normalized spacial score (nSPS) is 15.2.